The number of pyridine rings is 1. The van der Waals surface area contributed by atoms with Crippen molar-refractivity contribution in [1.82, 2.24) is 9.55 Å². The summed E-state index contributed by atoms with van der Waals surface area (Å²) in [6.07, 6.45) is 1.85. The molecule has 0 amide bonds. The van der Waals surface area contributed by atoms with E-state index in [0.29, 0.717) is 0 Å². The minimum atomic E-state index is -0.0580. The lowest BCUT2D eigenvalue weighted by atomic mass is 9.82. The fourth-order valence-electron chi connectivity index (χ4n) is 7.52. The molecule has 218 valence electrons. The molecule has 8 aromatic rings. The third-order valence-corrected chi connectivity index (χ3v) is 9.84. The van der Waals surface area contributed by atoms with Crippen LogP contribution in [0.15, 0.2) is 158 Å². The molecule has 1 aliphatic carbocycles. The molecule has 2 heterocycles. The Kier molecular flexibility index (Phi) is 5.88. The lowest BCUT2D eigenvalue weighted by Gasteiger charge is -2.21. The van der Waals surface area contributed by atoms with Crippen LogP contribution in [0.3, 0.4) is 0 Å². The highest BCUT2D eigenvalue weighted by Gasteiger charge is 2.36. The first kappa shape index (κ1) is 26.7. The highest BCUT2D eigenvalue weighted by Crippen LogP contribution is 2.51. The molecule has 0 radical (unpaired) electrons. The van der Waals surface area contributed by atoms with Crippen LogP contribution in [0.5, 0.6) is 0 Å². The summed E-state index contributed by atoms with van der Waals surface area (Å²) in [6, 6.07) is 55.2. The van der Waals surface area contributed by atoms with Gasteiger partial charge in [0.2, 0.25) is 0 Å². The van der Waals surface area contributed by atoms with Crippen molar-refractivity contribution in [2.45, 2.75) is 19.3 Å². The predicted octanol–water partition coefficient (Wildman–Crippen LogP) is 11.5. The fourth-order valence-corrected chi connectivity index (χ4v) is 7.52. The monoisotopic (exact) mass is 588 g/mol. The second kappa shape index (κ2) is 10.2. The zero-order valence-corrected chi connectivity index (χ0v) is 25.9. The van der Waals surface area contributed by atoms with Gasteiger partial charge in [0.05, 0.1) is 16.7 Å². The molecule has 6 aromatic carbocycles. The first-order chi connectivity index (χ1) is 22.6. The van der Waals surface area contributed by atoms with Crippen LogP contribution in [-0.4, -0.2) is 9.55 Å². The van der Waals surface area contributed by atoms with E-state index >= 15 is 0 Å². The molecule has 0 saturated carbocycles. The second-order valence-corrected chi connectivity index (χ2v) is 12.9. The van der Waals surface area contributed by atoms with E-state index in [4.69, 9.17) is 0 Å². The average Bonchev–Trinajstić information content (AvgIpc) is 3.56. The number of hydrogen-bond acceptors (Lipinski definition) is 1. The first-order valence-corrected chi connectivity index (χ1v) is 16.0. The van der Waals surface area contributed by atoms with Crippen LogP contribution in [0.25, 0.3) is 72.1 Å². The van der Waals surface area contributed by atoms with Gasteiger partial charge in [0.15, 0.2) is 0 Å². The third-order valence-electron chi connectivity index (χ3n) is 9.84. The Hall–Kier alpha value is -5.73. The number of rotatable bonds is 4. The molecule has 2 nitrogen and oxygen atoms in total. The molecule has 0 unspecified atom stereocenters. The molecule has 1 aliphatic rings. The van der Waals surface area contributed by atoms with Crippen LogP contribution in [0, 0.1) is 0 Å². The zero-order valence-electron chi connectivity index (χ0n) is 25.9. The van der Waals surface area contributed by atoms with Gasteiger partial charge in [0.1, 0.15) is 0 Å². The van der Waals surface area contributed by atoms with Gasteiger partial charge in [-0.15, -0.1) is 0 Å². The molecule has 0 fully saturated rings. The minimum Gasteiger partial charge on any atom is -0.309 e. The van der Waals surface area contributed by atoms with Crippen molar-refractivity contribution in [1.29, 1.82) is 0 Å². The Morgan fingerprint density at radius 2 is 1.11 bits per heavy atom. The van der Waals surface area contributed by atoms with Crippen LogP contribution in [0.4, 0.5) is 0 Å². The van der Waals surface area contributed by atoms with Crippen LogP contribution >= 0.6 is 0 Å². The van der Waals surface area contributed by atoms with Gasteiger partial charge in [-0.05, 0) is 105 Å². The van der Waals surface area contributed by atoms with Crippen molar-refractivity contribution in [2.75, 3.05) is 0 Å². The largest absolute Gasteiger partial charge is 0.309 e. The maximum atomic E-state index is 4.57. The Balaban J connectivity index is 1.23. The van der Waals surface area contributed by atoms with Gasteiger partial charge >= 0.3 is 0 Å². The van der Waals surface area contributed by atoms with E-state index in [9.17, 15) is 0 Å². The lowest BCUT2D eigenvalue weighted by molar-refractivity contribution is 0.661. The van der Waals surface area contributed by atoms with E-state index in [-0.39, 0.29) is 5.41 Å². The van der Waals surface area contributed by atoms with Gasteiger partial charge in [-0.25, -0.2) is 0 Å². The molecule has 2 heteroatoms. The van der Waals surface area contributed by atoms with Crippen molar-refractivity contribution in [3.05, 3.63) is 169 Å². The third kappa shape index (κ3) is 4.07. The highest BCUT2D eigenvalue weighted by molar-refractivity contribution is 6.12. The number of hydrogen-bond donors (Lipinski definition) is 0. The average molecular weight is 589 g/mol. The van der Waals surface area contributed by atoms with E-state index < -0.39 is 0 Å². The number of fused-ring (bicyclic) bond motifs is 6. The molecule has 9 rings (SSSR count). The van der Waals surface area contributed by atoms with Gasteiger partial charge in [0, 0.05) is 33.6 Å². The Labute approximate surface area is 269 Å². The van der Waals surface area contributed by atoms with E-state index in [1.165, 1.54) is 72.0 Å². The molecular formula is C44H32N2. The topological polar surface area (TPSA) is 17.8 Å². The minimum absolute atomic E-state index is 0.0580. The van der Waals surface area contributed by atoms with Gasteiger partial charge < -0.3 is 4.57 Å². The highest BCUT2D eigenvalue weighted by atomic mass is 15.0. The second-order valence-electron chi connectivity index (χ2n) is 12.9. The summed E-state index contributed by atoms with van der Waals surface area (Å²) in [5, 5.41) is 2.55. The van der Waals surface area contributed by atoms with Crippen LogP contribution in [0.2, 0.25) is 0 Å². The van der Waals surface area contributed by atoms with Crippen molar-refractivity contribution >= 4 is 21.8 Å². The number of benzene rings is 6. The smallest absolute Gasteiger partial charge is 0.0702 e. The fraction of sp³-hybridized carbons (Fsp3) is 0.0682. The van der Waals surface area contributed by atoms with E-state index in [2.05, 4.69) is 163 Å². The molecule has 0 bridgehead atoms. The van der Waals surface area contributed by atoms with Crippen LogP contribution in [0.1, 0.15) is 25.0 Å². The maximum Gasteiger partial charge on any atom is 0.0702 e. The summed E-state index contributed by atoms with van der Waals surface area (Å²) in [5.74, 6) is 0. The molecule has 0 spiro atoms. The molecule has 0 N–H and O–H groups in total. The molecule has 0 atom stereocenters. The zero-order chi connectivity index (χ0) is 30.8. The standard InChI is InChI=1S/C44H32N2/c1-44(2)39-19-7-6-18-35(39)36-27-38-37-26-32(21-22-42(37)46(43(38)28-40(36)44)34-16-4-3-5-17-34)30-13-10-12-29(24-30)31-14-11-15-33(25-31)41-20-8-9-23-45-41/h3-28H,1-2H3. The summed E-state index contributed by atoms with van der Waals surface area (Å²) in [7, 11) is 0. The Morgan fingerprint density at radius 3 is 1.87 bits per heavy atom. The number of nitrogens with zero attached hydrogens (tertiary/aromatic N) is 2. The van der Waals surface area contributed by atoms with Crippen molar-refractivity contribution < 1.29 is 0 Å². The summed E-state index contributed by atoms with van der Waals surface area (Å²) in [6.45, 7) is 4.71. The van der Waals surface area contributed by atoms with E-state index in [0.717, 1.165) is 11.3 Å². The lowest BCUT2D eigenvalue weighted by Crippen LogP contribution is -2.14. The van der Waals surface area contributed by atoms with Gasteiger partial charge in [0.25, 0.3) is 0 Å². The van der Waals surface area contributed by atoms with Gasteiger partial charge in [-0.2, -0.15) is 0 Å². The van der Waals surface area contributed by atoms with Gasteiger partial charge in [-0.1, -0.05) is 105 Å². The summed E-state index contributed by atoms with van der Waals surface area (Å²) in [4.78, 5) is 4.57. The van der Waals surface area contributed by atoms with Crippen molar-refractivity contribution in [2.24, 2.45) is 0 Å². The van der Waals surface area contributed by atoms with Crippen LogP contribution < -0.4 is 0 Å². The molecule has 46 heavy (non-hydrogen) atoms. The normalized spacial score (nSPS) is 13.2. The molecule has 0 saturated heterocycles. The van der Waals surface area contributed by atoms with E-state index in [1.54, 1.807) is 0 Å². The molecule has 2 aromatic heterocycles. The quantitative estimate of drug-likeness (QED) is 0.200. The SMILES string of the molecule is CC1(C)c2ccccc2-c2cc3c4cc(-c5cccc(-c6cccc(-c7ccccn7)c6)c5)ccc4n(-c4ccccc4)c3cc21. The van der Waals surface area contributed by atoms with E-state index in [1.807, 2.05) is 18.3 Å². The Morgan fingerprint density at radius 1 is 0.457 bits per heavy atom. The number of aromatic nitrogens is 2. The summed E-state index contributed by atoms with van der Waals surface area (Å²) >= 11 is 0. The summed E-state index contributed by atoms with van der Waals surface area (Å²) < 4.78 is 2.44. The van der Waals surface area contributed by atoms with Gasteiger partial charge in [-0.3, -0.25) is 4.98 Å². The number of para-hydroxylation sites is 1. The summed E-state index contributed by atoms with van der Waals surface area (Å²) in [5.41, 5.74) is 16.0. The Bertz CT molecular complexity index is 2430. The molecule has 0 aliphatic heterocycles. The van der Waals surface area contributed by atoms with Crippen molar-refractivity contribution in [3.63, 3.8) is 0 Å². The van der Waals surface area contributed by atoms with Crippen molar-refractivity contribution in [3.8, 4) is 50.3 Å². The first-order valence-electron chi connectivity index (χ1n) is 16.0. The maximum absolute atomic E-state index is 4.57. The van der Waals surface area contributed by atoms with Crippen LogP contribution in [-0.2, 0) is 5.41 Å². The molecular weight excluding hydrogens is 556 g/mol. The predicted molar refractivity (Wildman–Crippen MR) is 192 cm³/mol.